The Morgan fingerprint density at radius 2 is 2.38 bits per heavy atom. The monoisotopic (exact) mass is 341 g/mol. The van der Waals surface area contributed by atoms with Crippen molar-refractivity contribution >= 4 is 17.2 Å². The lowest BCUT2D eigenvalue weighted by Gasteiger charge is -2.33. The van der Waals surface area contributed by atoms with E-state index >= 15 is 0 Å². The molecule has 6 nitrogen and oxygen atoms in total. The summed E-state index contributed by atoms with van der Waals surface area (Å²) in [6.45, 7) is 3.50. The molecular weight excluding hydrogens is 322 g/mol. The van der Waals surface area contributed by atoms with E-state index in [-0.39, 0.29) is 5.91 Å². The first kappa shape index (κ1) is 15.1. The normalized spacial score (nSPS) is 18.0. The van der Waals surface area contributed by atoms with Crippen molar-refractivity contribution in [1.82, 2.24) is 24.4 Å². The second kappa shape index (κ2) is 6.24. The highest BCUT2D eigenvalue weighted by Crippen LogP contribution is 2.25. The molecule has 1 aliphatic rings. The number of hydrogen-bond acceptors (Lipinski definition) is 4. The van der Waals surface area contributed by atoms with Crippen molar-refractivity contribution < 1.29 is 4.79 Å². The van der Waals surface area contributed by atoms with Crippen LogP contribution in [0.15, 0.2) is 36.4 Å². The van der Waals surface area contributed by atoms with Crippen LogP contribution < -0.4 is 0 Å². The number of rotatable bonds is 3. The third-order valence-corrected chi connectivity index (χ3v) is 5.23. The van der Waals surface area contributed by atoms with Crippen LogP contribution in [0.1, 0.15) is 34.4 Å². The zero-order valence-electron chi connectivity index (χ0n) is 13.5. The number of piperidine rings is 1. The summed E-state index contributed by atoms with van der Waals surface area (Å²) < 4.78 is 2.09. The predicted octanol–water partition coefficient (Wildman–Crippen LogP) is 3.12. The Morgan fingerprint density at radius 3 is 3.12 bits per heavy atom. The van der Waals surface area contributed by atoms with E-state index in [0.717, 1.165) is 42.2 Å². The van der Waals surface area contributed by atoms with E-state index in [9.17, 15) is 4.79 Å². The minimum absolute atomic E-state index is 0.0537. The molecule has 3 aromatic heterocycles. The van der Waals surface area contributed by atoms with Gasteiger partial charge in [-0.1, -0.05) is 0 Å². The van der Waals surface area contributed by atoms with Crippen molar-refractivity contribution in [2.24, 2.45) is 0 Å². The summed E-state index contributed by atoms with van der Waals surface area (Å²) in [5.41, 5.74) is 2.51. The summed E-state index contributed by atoms with van der Waals surface area (Å²) in [5, 5.41) is 3.04. The fourth-order valence-corrected chi connectivity index (χ4v) is 3.82. The van der Waals surface area contributed by atoms with Crippen LogP contribution in [0.3, 0.4) is 0 Å². The average Bonchev–Trinajstić information content (AvgIpc) is 3.35. The molecule has 1 aliphatic heterocycles. The molecule has 4 heterocycles. The maximum atomic E-state index is 12.8. The molecule has 1 atom stereocenters. The van der Waals surface area contributed by atoms with E-state index in [0.29, 0.717) is 11.7 Å². The van der Waals surface area contributed by atoms with Gasteiger partial charge in [0.25, 0.3) is 5.91 Å². The Labute approximate surface area is 144 Å². The average molecular weight is 341 g/mol. The van der Waals surface area contributed by atoms with Crippen molar-refractivity contribution in [1.29, 1.82) is 0 Å². The number of imidazole rings is 1. The molecule has 0 spiro atoms. The highest BCUT2D eigenvalue weighted by Gasteiger charge is 2.26. The number of nitrogens with one attached hydrogen (secondary N) is 1. The fraction of sp³-hybridized carbons (Fsp3) is 0.353. The molecule has 1 N–H and O–H groups in total. The number of carbonyl (C=O) groups is 1. The number of amides is 1. The van der Waals surface area contributed by atoms with Crippen molar-refractivity contribution in [3.63, 3.8) is 0 Å². The van der Waals surface area contributed by atoms with Crippen LogP contribution >= 0.6 is 11.3 Å². The van der Waals surface area contributed by atoms with Crippen molar-refractivity contribution in [2.75, 3.05) is 13.1 Å². The van der Waals surface area contributed by atoms with Crippen LogP contribution in [0.25, 0.3) is 11.3 Å². The molecule has 0 bridgehead atoms. The van der Waals surface area contributed by atoms with Gasteiger partial charge in [-0.3, -0.25) is 4.79 Å². The Morgan fingerprint density at radius 1 is 1.46 bits per heavy atom. The van der Waals surface area contributed by atoms with Crippen molar-refractivity contribution in [3.05, 3.63) is 47.1 Å². The number of H-pyrrole nitrogens is 1. The van der Waals surface area contributed by atoms with Crippen molar-refractivity contribution in [2.45, 2.75) is 25.8 Å². The lowest BCUT2D eigenvalue weighted by molar-refractivity contribution is 0.0674. The molecule has 7 heteroatoms. The largest absolute Gasteiger partial charge is 0.357 e. The van der Waals surface area contributed by atoms with E-state index < -0.39 is 0 Å². The fourth-order valence-electron chi connectivity index (χ4n) is 3.20. The molecule has 1 unspecified atom stereocenters. The summed E-state index contributed by atoms with van der Waals surface area (Å²) in [4.78, 5) is 26.4. The van der Waals surface area contributed by atoms with E-state index in [2.05, 4.69) is 19.5 Å². The van der Waals surface area contributed by atoms with E-state index in [1.165, 1.54) is 0 Å². The first-order valence-corrected chi connectivity index (χ1v) is 8.96. The van der Waals surface area contributed by atoms with E-state index in [4.69, 9.17) is 0 Å². The second-order valence-corrected chi connectivity index (χ2v) is 7.17. The Bertz CT molecular complexity index is 835. The van der Waals surface area contributed by atoms with Crippen LogP contribution in [-0.2, 0) is 0 Å². The molecule has 0 aromatic carbocycles. The Kier molecular flexibility index (Phi) is 3.93. The van der Waals surface area contributed by atoms with Gasteiger partial charge in [-0.05, 0) is 25.8 Å². The number of hydrogen-bond donors (Lipinski definition) is 1. The predicted molar refractivity (Wildman–Crippen MR) is 93.0 cm³/mol. The SMILES string of the molecule is Cc1nc(-c2c[nH]c(C(=O)N3CCCC(n4ccnc4)C3)c2)cs1. The number of aromatic amines is 1. The van der Waals surface area contributed by atoms with Gasteiger partial charge in [0.1, 0.15) is 5.69 Å². The first-order valence-electron chi connectivity index (χ1n) is 8.08. The topological polar surface area (TPSA) is 66.8 Å². The highest BCUT2D eigenvalue weighted by atomic mass is 32.1. The standard InChI is InChI=1S/C17H19N5OS/c1-12-20-16(10-24-12)13-7-15(19-8-13)17(23)21-5-2-3-14(9-21)22-6-4-18-11-22/h4,6-8,10-11,14,19H,2-3,5,9H2,1H3. The van der Waals surface area contributed by atoms with Crippen LogP contribution in [0.5, 0.6) is 0 Å². The molecule has 3 aromatic rings. The van der Waals surface area contributed by atoms with Crippen LogP contribution in [0.2, 0.25) is 0 Å². The third-order valence-electron chi connectivity index (χ3n) is 4.46. The Hall–Kier alpha value is -2.41. The summed E-state index contributed by atoms with van der Waals surface area (Å²) in [6, 6.07) is 2.21. The first-order chi connectivity index (χ1) is 11.7. The lowest BCUT2D eigenvalue weighted by Crippen LogP contribution is -2.40. The van der Waals surface area contributed by atoms with Gasteiger partial charge in [-0.15, -0.1) is 11.3 Å². The third kappa shape index (κ3) is 2.87. The molecule has 1 amide bonds. The zero-order chi connectivity index (χ0) is 16.5. The minimum atomic E-state index is 0.0537. The minimum Gasteiger partial charge on any atom is -0.357 e. The van der Waals surface area contributed by atoms with Gasteiger partial charge in [-0.2, -0.15) is 0 Å². The number of nitrogens with zero attached hydrogens (tertiary/aromatic N) is 4. The number of aromatic nitrogens is 4. The summed E-state index contributed by atoms with van der Waals surface area (Å²) in [5.74, 6) is 0.0537. The number of likely N-dealkylation sites (tertiary alicyclic amines) is 1. The second-order valence-electron chi connectivity index (χ2n) is 6.11. The summed E-state index contributed by atoms with van der Waals surface area (Å²) in [6.07, 6.45) is 9.53. The summed E-state index contributed by atoms with van der Waals surface area (Å²) >= 11 is 1.61. The van der Waals surface area contributed by atoms with Gasteiger partial charge in [0.05, 0.1) is 23.1 Å². The van der Waals surface area contributed by atoms with Crippen LogP contribution in [0, 0.1) is 6.92 Å². The molecule has 4 rings (SSSR count). The Balaban J connectivity index is 1.50. The molecule has 0 saturated carbocycles. The number of aryl methyl sites for hydroxylation is 1. The van der Waals surface area contributed by atoms with Gasteiger partial charge in [0, 0.05) is 42.6 Å². The maximum Gasteiger partial charge on any atom is 0.270 e. The zero-order valence-corrected chi connectivity index (χ0v) is 14.3. The van der Waals surface area contributed by atoms with Gasteiger partial charge in [-0.25, -0.2) is 9.97 Å². The molecule has 0 aliphatic carbocycles. The van der Waals surface area contributed by atoms with E-state index in [1.807, 2.05) is 42.0 Å². The maximum absolute atomic E-state index is 12.8. The van der Waals surface area contributed by atoms with Gasteiger partial charge in [0.2, 0.25) is 0 Å². The van der Waals surface area contributed by atoms with Gasteiger partial charge in [0.15, 0.2) is 0 Å². The molecule has 0 radical (unpaired) electrons. The van der Waals surface area contributed by atoms with E-state index in [1.54, 1.807) is 17.5 Å². The smallest absolute Gasteiger partial charge is 0.270 e. The van der Waals surface area contributed by atoms with Crippen molar-refractivity contribution in [3.8, 4) is 11.3 Å². The number of thiazole rings is 1. The van der Waals surface area contributed by atoms with Gasteiger partial charge < -0.3 is 14.5 Å². The summed E-state index contributed by atoms with van der Waals surface area (Å²) in [7, 11) is 0. The van der Waals surface area contributed by atoms with Crippen LogP contribution in [0.4, 0.5) is 0 Å². The quantitative estimate of drug-likeness (QED) is 0.796. The lowest BCUT2D eigenvalue weighted by atomic mass is 10.1. The number of carbonyl (C=O) groups excluding carboxylic acids is 1. The van der Waals surface area contributed by atoms with Gasteiger partial charge >= 0.3 is 0 Å². The molecule has 1 fully saturated rings. The molecule has 1 saturated heterocycles. The molecular formula is C17H19N5OS. The van der Waals surface area contributed by atoms with Crippen LogP contribution in [-0.4, -0.2) is 43.4 Å². The highest BCUT2D eigenvalue weighted by molar-refractivity contribution is 7.09. The molecule has 24 heavy (non-hydrogen) atoms. The molecule has 124 valence electrons.